The van der Waals surface area contributed by atoms with Crippen LogP contribution in [0.5, 0.6) is 0 Å². The molecule has 0 fully saturated rings. The van der Waals surface area contributed by atoms with Gasteiger partial charge in [-0.15, -0.1) is 0 Å². The Morgan fingerprint density at radius 2 is 1.24 bits per heavy atom. The molecule has 3 nitrogen and oxygen atoms in total. The number of hydrogen-bond acceptors (Lipinski definition) is 3. The first kappa shape index (κ1) is 11.3. The van der Waals surface area contributed by atoms with E-state index >= 15 is 0 Å². The van der Waals surface area contributed by atoms with Crippen LogP contribution >= 0.6 is 0 Å². The summed E-state index contributed by atoms with van der Waals surface area (Å²) < 4.78 is 0. The molecule has 0 unspecified atom stereocenters. The topological polar surface area (TPSA) is 36.8 Å². The van der Waals surface area contributed by atoms with Crippen LogP contribution in [0.25, 0.3) is 0 Å². The molecule has 0 bridgehead atoms. The van der Waals surface area contributed by atoms with Crippen LogP contribution in [-0.2, 0) is 0 Å². The SMILES string of the molecule is CNc1ccc(N=Nc2ccc(C)cc2)cc1. The van der Waals surface area contributed by atoms with Crippen LogP contribution in [-0.4, -0.2) is 7.05 Å². The van der Waals surface area contributed by atoms with Gasteiger partial charge in [0.2, 0.25) is 0 Å². The Bertz CT molecular complexity index is 498. The lowest BCUT2D eigenvalue weighted by Crippen LogP contribution is -1.84. The van der Waals surface area contributed by atoms with Crippen LogP contribution in [0.4, 0.5) is 17.1 Å². The largest absolute Gasteiger partial charge is 0.388 e. The third kappa shape index (κ3) is 3.14. The molecule has 1 N–H and O–H groups in total. The Morgan fingerprint density at radius 3 is 1.71 bits per heavy atom. The van der Waals surface area contributed by atoms with Gasteiger partial charge in [-0.2, -0.15) is 10.2 Å². The van der Waals surface area contributed by atoms with Gasteiger partial charge >= 0.3 is 0 Å². The first-order valence-corrected chi connectivity index (χ1v) is 5.54. The molecule has 2 aromatic carbocycles. The van der Waals surface area contributed by atoms with Crippen molar-refractivity contribution in [3.63, 3.8) is 0 Å². The summed E-state index contributed by atoms with van der Waals surface area (Å²) in [6.45, 7) is 2.05. The molecular formula is C14H15N3. The van der Waals surface area contributed by atoms with E-state index in [2.05, 4.69) is 22.5 Å². The van der Waals surface area contributed by atoms with Crippen LogP contribution in [0.2, 0.25) is 0 Å². The van der Waals surface area contributed by atoms with Gasteiger partial charge in [-0.25, -0.2) is 0 Å². The lowest BCUT2D eigenvalue weighted by atomic mass is 10.2. The zero-order valence-corrected chi connectivity index (χ0v) is 10.0. The summed E-state index contributed by atoms with van der Waals surface area (Å²) in [6, 6.07) is 15.8. The summed E-state index contributed by atoms with van der Waals surface area (Å²) >= 11 is 0. The van der Waals surface area contributed by atoms with Crippen LogP contribution in [0.1, 0.15) is 5.56 Å². The third-order valence-corrected chi connectivity index (χ3v) is 2.47. The highest BCUT2D eigenvalue weighted by Crippen LogP contribution is 2.20. The number of rotatable bonds is 3. The fraction of sp³-hybridized carbons (Fsp3) is 0.143. The minimum Gasteiger partial charge on any atom is -0.388 e. The molecule has 2 aromatic rings. The van der Waals surface area contributed by atoms with Gasteiger partial charge < -0.3 is 5.32 Å². The minimum atomic E-state index is 0.851. The van der Waals surface area contributed by atoms with E-state index in [1.165, 1.54) is 5.56 Å². The van der Waals surface area contributed by atoms with Crippen molar-refractivity contribution in [3.05, 3.63) is 54.1 Å². The number of anilines is 1. The number of azo groups is 1. The number of benzene rings is 2. The first-order valence-electron chi connectivity index (χ1n) is 5.54. The molecule has 17 heavy (non-hydrogen) atoms. The summed E-state index contributed by atoms with van der Waals surface area (Å²) in [4.78, 5) is 0. The van der Waals surface area contributed by atoms with Crippen molar-refractivity contribution in [1.29, 1.82) is 0 Å². The standard InChI is InChI=1S/C14H15N3/c1-11-3-5-13(6-4-11)16-17-14-9-7-12(15-2)8-10-14/h3-10,15H,1-2H3. The molecule has 0 atom stereocenters. The van der Waals surface area contributed by atoms with Crippen LogP contribution in [0.15, 0.2) is 58.8 Å². The summed E-state index contributed by atoms with van der Waals surface area (Å²) in [6.07, 6.45) is 0. The Kier molecular flexibility index (Phi) is 3.50. The molecule has 0 saturated heterocycles. The van der Waals surface area contributed by atoms with Crippen molar-refractivity contribution in [1.82, 2.24) is 0 Å². The maximum Gasteiger partial charge on any atom is 0.0858 e. The third-order valence-electron chi connectivity index (χ3n) is 2.47. The van der Waals surface area contributed by atoms with E-state index in [1.807, 2.05) is 55.6 Å². The predicted octanol–water partition coefficient (Wildman–Crippen LogP) is 4.45. The van der Waals surface area contributed by atoms with Crippen molar-refractivity contribution >= 4 is 17.1 Å². The van der Waals surface area contributed by atoms with Crippen molar-refractivity contribution in [2.24, 2.45) is 10.2 Å². The van der Waals surface area contributed by atoms with Gasteiger partial charge in [-0.05, 0) is 43.3 Å². The average Bonchev–Trinajstić information content (AvgIpc) is 2.39. The highest BCUT2D eigenvalue weighted by Gasteiger charge is 1.91. The Labute approximate surface area is 101 Å². The molecule has 0 amide bonds. The van der Waals surface area contributed by atoms with Gasteiger partial charge in [0.05, 0.1) is 11.4 Å². The second-order valence-corrected chi connectivity index (χ2v) is 3.83. The molecular weight excluding hydrogens is 210 g/mol. The van der Waals surface area contributed by atoms with Crippen molar-refractivity contribution in [2.45, 2.75) is 6.92 Å². The Morgan fingerprint density at radius 1 is 0.765 bits per heavy atom. The molecule has 0 aliphatic rings. The highest BCUT2D eigenvalue weighted by molar-refractivity contribution is 5.50. The van der Waals surface area contributed by atoms with E-state index in [-0.39, 0.29) is 0 Å². The van der Waals surface area contributed by atoms with E-state index in [0.717, 1.165) is 17.1 Å². The Hall–Kier alpha value is -2.16. The molecule has 0 aromatic heterocycles. The molecule has 0 heterocycles. The quantitative estimate of drug-likeness (QED) is 0.769. The van der Waals surface area contributed by atoms with E-state index in [0.29, 0.717) is 0 Å². The van der Waals surface area contributed by atoms with Gasteiger partial charge in [0, 0.05) is 12.7 Å². The molecule has 0 aliphatic heterocycles. The highest BCUT2D eigenvalue weighted by atomic mass is 15.1. The van der Waals surface area contributed by atoms with Crippen LogP contribution in [0.3, 0.4) is 0 Å². The first-order chi connectivity index (χ1) is 8.28. The second kappa shape index (κ2) is 5.25. The zero-order valence-electron chi connectivity index (χ0n) is 10.0. The van der Waals surface area contributed by atoms with E-state index in [4.69, 9.17) is 0 Å². The van der Waals surface area contributed by atoms with Crippen LogP contribution in [0, 0.1) is 6.92 Å². The lowest BCUT2D eigenvalue weighted by molar-refractivity contribution is 1.23. The van der Waals surface area contributed by atoms with Crippen molar-refractivity contribution in [2.75, 3.05) is 12.4 Å². The normalized spacial score (nSPS) is 10.7. The summed E-state index contributed by atoms with van der Waals surface area (Å²) in [7, 11) is 1.89. The summed E-state index contributed by atoms with van der Waals surface area (Å²) in [5.41, 5.74) is 4.01. The van der Waals surface area contributed by atoms with Gasteiger partial charge in [-0.3, -0.25) is 0 Å². The second-order valence-electron chi connectivity index (χ2n) is 3.83. The predicted molar refractivity (Wildman–Crippen MR) is 71.3 cm³/mol. The molecule has 0 radical (unpaired) electrons. The fourth-order valence-electron chi connectivity index (χ4n) is 1.42. The van der Waals surface area contributed by atoms with Gasteiger partial charge in [-0.1, -0.05) is 17.7 Å². The Balaban J connectivity index is 2.11. The number of nitrogens with zero attached hydrogens (tertiary/aromatic N) is 2. The molecule has 0 saturated carbocycles. The molecule has 0 aliphatic carbocycles. The average molecular weight is 225 g/mol. The van der Waals surface area contributed by atoms with Crippen LogP contribution < -0.4 is 5.32 Å². The monoisotopic (exact) mass is 225 g/mol. The lowest BCUT2D eigenvalue weighted by Gasteiger charge is -1.98. The molecule has 0 spiro atoms. The fourth-order valence-corrected chi connectivity index (χ4v) is 1.42. The van der Waals surface area contributed by atoms with E-state index < -0.39 is 0 Å². The van der Waals surface area contributed by atoms with E-state index in [1.54, 1.807) is 0 Å². The minimum absolute atomic E-state index is 0.851. The van der Waals surface area contributed by atoms with Crippen molar-refractivity contribution < 1.29 is 0 Å². The summed E-state index contributed by atoms with van der Waals surface area (Å²) in [5.74, 6) is 0. The molecule has 3 heteroatoms. The number of aryl methyl sites for hydroxylation is 1. The number of nitrogens with one attached hydrogen (secondary N) is 1. The zero-order chi connectivity index (χ0) is 12.1. The maximum absolute atomic E-state index is 4.18. The van der Waals surface area contributed by atoms with Crippen molar-refractivity contribution in [3.8, 4) is 0 Å². The molecule has 86 valence electrons. The smallest absolute Gasteiger partial charge is 0.0858 e. The van der Waals surface area contributed by atoms with Gasteiger partial charge in [0.1, 0.15) is 0 Å². The number of hydrogen-bond donors (Lipinski definition) is 1. The van der Waals surface area contributed by atoms with Gasteiger partial charge in [0.15, 0.2) is 0 Å². The molecule has 2 rings (SSSR count). The van der Waals surface area contributed by atoms with Gasteiger partial charge in [0.25, 0.3) is 0 Å². The van der Waals surface area contributed by atoms with E-state index in [9.17, 15) is 0 Å². The maximum atomic E-state index is 4.18. The summed E-state index contributed by atoms with van der Waals surface area (Å²) in [5, 5.41) is 11.4.